The number of hydrogen-bond acceptors (Lipinski definition) is 4. The molecular formula is C23H29FO4. The van der Waals surface area contributed by atoms with Crippen LogP contribution in [0.4, 0.5) is 4.39 Å². The van der Waals surface area contributed by atoms with Crippen molar-refractivity contribution in [1.29, 1.82) is 0 Å². The van der Waals surface area contributed by atoms with E-state index in [4.69, 9.17) is 9.47 Å². The van der Waals surface area contributed by atoms with Crippen LogP contribution in [0.3, 0.4) is 0 Å². The predicted octanol–water partition coefficient (Wildman–Crippen LogP) is 4.43. The summed E-state index contributed by atoms with van der Waals surface area (Å²) in [5.41, 5.74) is 2.65. The van der Waals surface area contributed by atoms with Crippen LogP contribution in [0.15, 0.2) is 42.0 Å². The van der Waals surface area contributed by atoms with Gasteiger partial charge in [-0.1, -0.05) is 32.1 Å². The van der Waals surface area contributed by atoms with Crippen LogP contribution in [-0.4, -0.2) is 36.0 Å². The number of carbonyl (C=O) groups excluding carboxylic acids is 1. The molecule has 3 atom stereocenters. The van der Waals surface area contributed by atoms with Gasteiger partial charge >= 0.3 is 5.97 Å². The first kappa shape index (κ1) is 20.7. The topological polar surface area (TPSA) is 55.8 Å². The van der Waals surface area contributed by atoms with Crippen molar-refractivity contribution < 1.29 is 23.8 Å². The van der Waals surface area contributed by atoms with Crippen LogP contribution in [0.25, 0.3) is 5.57 Å². The molecule has 0 bridgehead atoms. The van der Waals surface area contributed by atoms with E-state index in [0.717, 1.165) is 23.1 Å². The molecule has 0 spiro atoms. The van der Waals surface area contributed by atoms with Crippen molar-refractivity contribution in [1.82, 2.24) is 0 Å². The first-order chi connectivity index (χ1) is 13.1. The predicted molar refractivity (Wildman–Crippen MR) is 106 cm³/mol. The number of methoxy groups -OCH3 is 1. The van der Waals surface area contributed by atoms with Gasteiger partial charge in [-0.05, 0) is 53.7 Å². The van der Waals surface area contributed by atoms with Gasteiger partial charge in [0.1, 0.15) is 11.9 Å². The number of hydrogen-bond donors (Lipinski definition) is 1. The van der Waals surface area contributed by atoms with E-state index < -0.39 is 12.2 Å². The lowest BCUT2D eigenvalue weighted by Crippen LogP contribution is -2.39. The molecule has 1 aromatic rings. The van der Waals surface area contributed by atoms with Crippen molar-refractivity contribution in [2.24, 2.45) is 5.41 Å². The molecule has 4 nitrogen and oxygen atoms in total. The Morgan fingerprint density at radius 3 is 2.54 bits per heavy atom. The van der Waals surface area contributed by atoms with Gasteiger partial charge in [-0.2, -0.15) is 0 Å². The van der Waals surface area contributed by atoms with E-state index >= 15 is 0 Å². The largest absolute Gasteiger partial charge is 0.458 e. The lowest BCUT2D eigenvalue weighted by Gasteiger charge is -2.44. The fourth-order valence-corrected chi connectivity index (χ4v) is 4.48. The molecule has 2 aliphatic rings. The second kappa shape index (κ2) is 7.80. The Morgan fingerprint density at radius 2 is 1.93 bits per heavy atom. The summed E-state index contributed by atoms with van der Waals surface area (Å²) in [6.07, 6.45) is 4.73. The monoisotopic (exact) mass is 388 g/mol. The van der Waals surface area contributed by atoms with E-state index in [2.05, 4.69) is 20.8 Å². The maximum absolute atomic E-state index is 13.5. The van der Waals surface area contributed by atoms with E-state index in [1.165, 1.54) is 12.1 Å². The molecule has 152 valence electrons. The van der Waals surface area contributed by atoms with E-state index in [0.29, 0.717) is 12.8 Å². The van der Waals surface area contributed by atoms with Crippen LogP contribution in [0.1, 0.15) is 52.0 Å². The Labute approximate surface area is 166 Å². The number of cyclic esters (lactones) is 1. The second-order valence-corrected chi connectivity index (χ2v) is 8.77. The average molecular weight is 388 g/mol. The van der Waals surface area contributed by atoms with Gasteiger partial charge in [0.25, 0.3) is 0 Å². The molecule has 3 unspecified atom stereocenters. The van der Waals surface area contributed by atoms with Crippen LogP contribution >= 0.6 is 0 Å². The van der Waals surface area contributed by atoms with Gasteiger partial charge in [-0.15, -0.1) is 0 Å². The molecule has 0 radical (unpaired) electrons. The molecule has 0 saturated carbocycles. The van der Waals surface area contributed by atoms with Crippen molar-refractivity contribution >= 4 is 11.5 Å². The number of allylic oxidation sites excluding steroid dienone is 2. The third kappa shape index (κ3) is 4.53. The minimum absolute atomic E-state index is 0.0472. The molecule has 0 amide bonds. The minimum Gasteiger partial charge on any atom is -0.458 e. The van der Waals surface area contributed by atoms with E-state index in [1.54, 1.807) is 19.2 Å². The number of ether oxygens (including phenoxy) is 2. The van der Waals surface area contributed by atoms with Crippen molar-refractivity contribution in [3.05, 3.63) is 53.4 Å². The maximum Gasteiger partial charge on any atom is 0.309 e. The van der Waals surface area contributed by atoms with Crippen LogP contribution in [0.2, 0.25) is 0 Å². The Morgan fingerprint density at radius 1 is 1.25 bits per heavy atom. The summed E-state index contributed by atoms with van der Waals surface area (Å²) in [4.78, 5) is 11.6. The smallest absolute Gasteiger partial charge is 0.309 e. The van der Waals surface area contributed by atoms with Gasteiger partial charge in [-0.3, -0.25) is 4.79 Å². The van der Waals surface area contributed by atoms with E-state index in [-0.39, 0.29) is 29.2 Å². The molecule has 28 heavy (non-hydrogen) atoms. The number of aliphatic hydroxyl groups is 1. The Balaban J connectivity index is 2.02. The number of halogens is 1. The van der Waals surface area contributed by atoms with Gasteiger partial charge in [-0.25, -0.2) is 4.39 Å². The Bertz CT molecular complexity index is 793. The SMILES string of the molecule is COC1(C)CC(c2ccc(F)cc2)=C(C=CC2CC(O)CC(=O)O2)C(C)(C)C1. The van der Waals surface area contributed by atoms with Crippen LogP contribution in [0.5, 0.6) is 0 Å². The number of rotatable bonds is 4. The fraction of sp³-hybridized carbons (Fsp3) is 0.522. The van der Waals surface area contributed by atoms with Crippen LogP contribution < -0.4 is 0 Å². The van der Waals surface area contributed by atoms with Crippen LogP contribution in [-0.2, 0) is 14.3 Å². The zero-order valence-electron chi connectivity index (χ0n) is 17.0. The molecule has 1 aromatic carbocycles. The highest BCUT2D eigenvalue weighted by atomic mass is 19.1. The molecule has 3 rings (SSSR count). The molecule has 1 aliphatic carbocycles. The summed E-state index contributed by atoms with van der Waals surface area (Å²) in [5.74, 6) is -0.648. The van der Waals surface area contributed by atoms with Gasteiger partial charge in [0.05, 0.1) is 18.1 Å². The normalized spacial score (nSPS) is 30.6. The number of aliphatic hydroxyl groups excluding tert-OH is 1. The van der Waals surface area contributed by atoms with Gasteiger partial charge < -0.3 is 14.6 Å². The lowest BCUT2D eigenvalue weighted by atomic mass is 9.65. The molecule has 1 heterocycles. The van der Waals surface area contributed by atoms with Gasteiger partial charge in [0, 0.05) is 20.0 Å². The molecule has 1 saturated heterocycles. The van der Waals surface area contributed by atoms with Crippen molar-refractivity contribution in [3.63, 3.8) is 0 Å². The molecule has 0 aromatic heterocycles. The standard InChI is InChI=1S/C23H29FO4/c1-22(2)14-23(3,27-4)13-19(15-5-7-16(24)8-6-15)20(22)10-9-18-11-17(25)12-21(26)28-18/h5-10,17-18,25H,11-14H2,1-4H3. The third-order valence-electron chi connectivity index (χ3n) is 5.77. The first-order valence-electron chi connectivity index (χ1n) is 9.72. The zero-order chi connectivity index (χ0) is 20.5. The maximum atomic E-state index is 13.5. The number of benzene rings is 1. The van der Waals surface area contributed by atoms with E-state index in [1.807, 2.05) is 12.2 Å². The third-order valence-corrected chi connectivity index (χ3v) is 5.77. The Hall–Kier alpha value is -1.98. The summed E-state index contributed by atoms with van der Waals surface area (Å²) in [5, 5.41) is 9.85. The quantitative estimate of drug-likeness (QED) is 0.776. The summed E-state index contributed by atoms with van der Waals surface area (Å²) in [6, 6.07) is 6.52. The summed E-state index contributed by atoms with van der Waals surface area (Å²) >= 11 is 0. The number of esters is 1. The Kier molecular flexibility index (Phi) is 5.78. The lowest BCUT2D eigenvalue weighted by molar-refractivity contribution is -0.156. The van der Waals surface area contributed by atoms with Crippen LogP contribution in [0, 0.1) is 11.2 Å². The van der Waals surface area contributed by atoms with Gasteiger partial charge in [0.15, 0.2) is 0 Å². The summed E-state index contributed by atoms with van der Waals surface area (Å²) < 4.78 is 24.6. The van der Waals surface area contributed by atoms with Gasteiger partial charge in [0.2, 0.25) is 0 Å². The summed E-state index contributed by atoms with van der Waals surface area (Å²) in [6.45, 7) is 6.42. The molecular weight excluding hydrogens is 359 g/mol. The minimum atomic E-state index is -0.669. The molecule has 1 aliphatic heterocycles. The van der Waals surface area contributed by atoms with E-state index in [9.17, 15) is 14.3 Å². The second-order valence-electron chi connectivity index (χ2n) is 8.77. The van der Waals surface area contributed by atoms with Crippen molar-refractivity contribution in [2.45, 2.75) is 64.3 Å². The van der Waals surface area contributed by atoms with Crippen molar-refractivity contribution in [2.75, 3.05) is 7.11 Å². The highest BCUT2D eigenvalue weighted by Gasteiger charge is 2.41. The fourth-order valence-electron chi connectivity index (χ4n) is 4.48. The van der Waals surface area contributed by atoms with Crippen molar-refractivity contribution in [3.8, 4) is 0 Å². The molecule has 1 fully saturated rings. The number of carbonyl (C=O) groups is 1. The average Bonchev–Trinajstić information content (AvgIpc) is 2.59. The molecule has 5 heteroatoms. The summed E-state index contributed by atoms with van der Waals surface area (Å²) in [7, 11) is 1.72. The molecule has 1 N–H and O–H groups in total. The first-order valence-corrected chi connectivity index (χ1v) is 9.72. The highest BCUT2D eigenvalue weighted by molar-refractivity contribution is 5.74. The highest BCUT2D eigenvalue weighted by Crippen LogP contribution is 2.49. The zero-order valence-corrected chi connectivity index (χ0v) is 17.0.